The molecule has 5 heteroatoms. The molecule has 0 aromatic carbocycles. The lowest BCUT2D eigenvalue weighted by Crippen LogP contribution is -1.97. The van der Waals surface area contributed by atoms with Crippen molar-refractivity contribution in [2.24, 2.45) is 7.05 Å². The SMILES string of the molecule is Cn1cc(C(O)CBr)nn1. The van der Waals surface area contributed by atoms with E-state index in [0.29, 0.717) is 11.0 Å². The summed E-state index contributed by atoms with van der Waals surface area (Å²) < 4.78 is 1.56. The highest BCUT2D eigenvalue weighted by atomic mass is 79.9. The van der Waals surface area contributed by atoms with Crippen molar-refractivity contribution in [2.45, 2.75) is 6.10 Å². The van der Waals surface area contributed by atoms with Gasteiger partial charge in [-0.25, -0.2) is 0 Å². The third kappa shape index (κ3) is 1.54. The van der Waals surface area contributed by atoms with Crippen molar-refractivity contribution in [1.82, 2.24) is 15.0 Å². The predicted molar refractivity (Wildman–Crippen MR) is 39.8 cm³/mol. The highest BCUT2D eigenvalue weighted by molar-refractivity contribution is 9.09. The minimum atomic E-state index is -0.548. The second-order valence-corrected chi connectivity index (χ2v) is 2.63. The van der Waals surface area contributed by atoms with Crippen molar-refractivity contribution < 1.29 is 5.11 Å². The molecular formula is C5H8BrN3O. The van der Waals surface area contributed by atoms with E-state index in [0.717, 1.165) is 0 Å². The molecule has 0 aliphatic carbocycles. The summed E-state index contributed by atoms with van der Waals surface area (Å²) in [5.74, 6) is 0. The van der Waals surface area contributed by atoms with Crippen molar-refractivity contribution >= 4 is 15.9 Å². The second-order valence-electron chi connectivity index (χ2n) is 1.99. The van der Waals surface area contributed by atoms with Crippen LogP contribution >= 0.6 is 15.9 Å². The van der Waals surface area contributed by atoms with Crippen LogP contribution in [0, 0.1) is 0 Å². The van der Waals surface area contributed by atoms with E-state index >= 15 is 0 Å². The molecule has 10 heavy (non-hydrogen) atoms. The summed E-state index contributed by atoms with van der Waals surface area (Å²) in [5, 5.41) is 17.1. The number of rotatable bonds is 2. The van der Waals surface area contributed by atoms with E-state index in [1.165, 1.54) is 0 Å². The van der Waals surface area contributed by atoms with Gasteiger partial charge in [0.25, 0.3) is 0 Å². The molecular weight excluding hydrogens is 198 g/mol. The van der Waals surface area contributed by atoms with E-state index in [2.05, 4.69) is 26.2 Å². The van der Waals surface area contributed by atoms with E-state index in [1.807, 2.05) is 0 Å². The van der Waals surface area contributed by atoms with Crippen LogP contribution in [-0.2, 0) is 7.05 Å². The summed E-state index contributed by atoms with van der Waals surface area (Å²) in [4.78, 5) is 0. The minimum Gasteiger partial charge on any atom is -0.386 e. The first-order valence-electron chi connectivity index (χ1n) is 2.84. The van der Waals surface area contributed by atoms with E-state index in [9.17, 15) is 5.11 Å². The van der Waals surface area contributed by atoms with Crippen molar-refractivity contribution in [3.05, 3.63) is 11.9 Å². The molecule has 1 aromatic heterocycles. The fraction of sp³-hybridized carbons (Fsp3) is 0.600. The smallest absolute Gasteiger partial charge is 0.112 e. The summed E-state index contributed by atoms with van der Waals surface area (Å²) >= 11 is 3.13. The Morgan fingerprint density at radius 2 is 2.60 bits per heavy atom. The Morgan fingerprint density at radius 1 is 1.90 bits per heavy atom. The number of hydrogen-bond donors (Lipinski definition) is 1. The molecule has 0 bridgehead atoms. The van der Waals surface area contributed by atoms with E-state index in [1.54, 1.807) is 17.9 Å². The first kappa shape index (κ1) is 7.68. The Morgan fingerprint density at radius 3 is 3.00 bits per heavy atom. The molecule has 4 nitrogen and oxygen atoms in total. The van der Waals surface area contributed by atoms with Gasteiger partial charge in [0.15, 0.2) is 0 Å². The molecule has 1 rings (SSSR count). The number of aromatic nitrogens is 3. The number of nitrogens with zero attached hydrogens (tertiary/aromatic N) is 3. The molecule has 1 N–H and O–H groups in total. The molecule has 56 valence electrons. The molecule has 1 aromatic rings. The third-order valence-electron chi connectivity index (χ3n) is 1.11. The molecule has 0 amide bonds. The standard InChI is InChI=1S/C5H8BrN3O/c1-9-3-4(7-8-9)5(10)2-6/h3,5,10H,2H2,1H3. The average Bonchev–Trinajstić information content (AvgIpc) is 2.34. The fourth-order valence-corrected chi connectivity index (χ4v) is 0.929. The van der Waals surface area contributed by atoms with Crippen LogP contribution in [0.1, 0.15) is 11.8 Å². The number of aliphatic hydroxyl groups excluding tert-OH is 1. The highest BCUT2D eigenvalue weighted by Crippen LogP contribution is 2.09. The maximum Gasteiger partial charge on any atom is 0.112 e. The summed E-state index contributed by atoms with van der Waals surface area (Å²) in [7, 11) is 1.76. The van der Waals surface area contributed by atoms with Crippen molar-refractivity contribution in [2.75, 3.05) is 5.33 Å². The predicted octanol–water partition coefficient (Wildman–Crippen LogP) is 0.243. The lowest BCUT2D eigenvalue weighted by atomic mass is 10.3. The zero-order valence-corrected chi connectivity index (χ0v) is 7.11. The van der Waals surface area contributed by atoms with Gasteiger partial charge in [0.05, 0.1) is 6.20 Å². The van der Waals surface area contributed by atoms with Gasteiger partial charge in [0, 0.05) is 12.4 Å². The topological polar surface area (TPSA) is 50.9 Å². The average molecular weight is 206 g/mol. The number of hydrogen-bond acceptors (Lipinski definition) is 3. The first-order valence-corrected chi connectivity index (χ1v) is 3.96. The number of aliphatic hydroxyl groups is 1. The monoisotopic (exact) mass is 205 g/mol. The fourth-order valence-electron chi connectivity index (χ4n) is 0.597. The number of halogens is 1. The number of alkyl halides is 1. The van der Waals surface area contributed by atoms with Crippen molar-refractivity contribution in [3.8, 4) is 0 Å². The molecule has 1 unspecified atom stereocenters. The molecule has 1 heterocycles. The summed E-state index contributed by atoms with van der Waals surface area (Å²) in [6.45, 7) is 0. The summed E-state index contributed by atoms with van der Waals surface area (Å²) in [5.41, 5.74) is 0.597. The molecule has 0 aliphatic heterocycles. The highest BCUT2D eigenvalue weighted by Gasteiger charge is 2.08. The Hall–Kier alpha value is -0.420. The van der Waals surface area contributed by atoms with Crippen LogP contribution in [0.5, 0.6) is 0 Å². The Kier molecular flexibility index (Phi) is 2.39. The van der Waals surface area contributed by atoms with Gasteiger partial charge in [-0.05, 0) is 0 Å². The van der Waals surface area contributed by atoms with Gasteiger partial charge in [-0.1, -0.05) is 21.1 Å². The number of aryl methyl sites for hydroxylation is 1. The van der Waals surface area contributed by atoms with Gasteiger partial charge in [0.1, 0.15) is 11.8 Å². The molecule has 0 fully saturated rings. The van der Waals surface area contributed by atoms with Crippen LogP contribution in [-0.4, -0.2) is 25.4 Å². The van der Waals surface area contributed by atoms with Gasteiger partial charge in [0.2, 0.25) is 0 Å². The van der Waals surface area contributed by atoms with Gasteiger partial charge in [-0.2, -0.15) is 0 Å². The van der Waals surface area contributed by atoms with Gasteiger partial charge < -0.3 is 5.11 Å². The minimum absolute atomic E-state index is 0.492. The van der Waals surface area contributed by atoms with Crippen LogP contribution in [0.3, 0.4) is 0 Å². The van der Waals surface area contributed by atoms with Crippen LogP contribution in [0.4, 0.5) is 0 Å². The molecule has 0 spiro atoms. The zero-order chi connectivity index (χ0) is 7.56. The quantitative estimate of drug-likeness (QED) is 0.705. The Balaban J connectivity index is 2.74. The summed E-state index contributed by atoms with van der Waals surface area (Å²) in [6.07, 6.45) is 1.14. The van der Waals surface area contributed by atoms with Crippen LogP contribution < -0.4 is 0 Å². The lowest BCUT2D eigenvalue weighted by Gasteiger charge is -1.98. The lowest BCUT2D eigenvalue weighted by molar-refractivity contribution is 0.200. The van der Waals surface area contributed by atoms with Crippen molar-refractivity contribution in [3.63, 3.8) is 0 Å². The van der Waals surface area contributed by atoms with Gasteiger partial charge in [-0.15, -0.1) is 5.10 Å². The van der Waals surface area contributed by atoms with Crippen molar-refractivity contribution in [1.29, 1.82) is 0 Å². The van der Waals surface area contributed by atoms with Crippen LogP contribution in [0.15, 0.2) is 6.20 Å². The van der Waals surface area contributed by atoms with Crippen LogP contribution in [0.25, 0.3) is 0 Å². The third-order valence-corrected chi connectivity index (χ3v) is 1.72. The molecule has 0 aliphatic rings. The van der Waals surface area contributed by atoms with Gasteiger partial charge >= 0.3 is 0 Å². The van der Waals surface area contributed by atoms with E-state index < -0.39 is 6.10 Å². The normalized spacial score (nSPS) is 13.5. The second kappa shape index (κ2) is 3.12. The molecule has 0 radical (unpaired) electrons. The summed E-state index contributed by atoms with van der Waals surface area (Å²) in [6, 6.07) is 0. The maximum atomic E-state index is 9.18. The van der Waals surface area contributed by atoms with E-state index in [4.69, 9.17) is 0 Å². The zero-order valence-electron chi connectivity index (χ0n) is 5.53. The maximum absolute atomic E-state index is 9.18. The Labute approximate surface area is 67.0 Å². The molecule has 0 saturated heterocycles. The Bertz CT molecular complexity index is 212. The largest absolute Gasteiger partial charge is 0.386 e. The molecule has 1 atom stereocenters. The molecule has 0 saturated carbocycles. The van der Waals surface area contributed by atoms with Gasteiger partial charge in [-0.3, -0.25) is 4.68 Å². The van der Waals surface area contributed by atoms with E-state index in [-0.39, 0.29) is 0 Å². The first-order chi connectivity index (χ1) is 4.74. The van der Waals surface area contributed by atoms with Crippen LogP contribution in [0.2, 0.25) is 0 Å².